The molecule has 0 saturated carbocycles. The molecular formula is C20H18N2O5S2. The molecule has 29 heavy (non-hydrogen) atoms. The van der Waals surface area contributed by atoms with Gasteiger partial charge >= 0.3 is 11.9 Å². The van der Waals surface area contributed by atoms with Crippen molar-refractivity contribution in [3.05, 3.63) is 53.6 Å². The predicted molar refractivity (Wildman–Crippen MR) is 113 cm³/mol. The van der Waals surface area contributed by atoms with E-state index in [9.17, 15) is 24.6 Å². The summed E-state index contributed by atoms with van der Waals surface area (Å²) in [6.45, 7) is 3.70. The van der Waals surface area contributed by atoms with Crippen molar-refractivity contribution >= 4 is 56.8 Å². The highest BCUT2D eigenvalue weighted by molar-refractivity contribution is 8.02. The Hall–Kier alpha value is -2.91. The van der Waals surface area contributed by atoms with Crippen LogP contribution in [0, 0.1) is 5.92 Å². The first-order valence-electron chi connectivity index (χ1n) is 8.70. The highest BCUT2D eigenvalue weighted by atomic mass is 32.2. The van der Waals surface area contributed by atoms with Gasteiger partial charge in [0.2, 0.25) is 0 Å². The zero-order valence-electron chi connectivity index (χ0n) is 15.6. The molecule has 3 N–H and O–H groups in total. The Morgan fingerprint density at radius 2 is 1.76 bits per heavy atom. The molecule has 0 aliphatic heterocycles. The average Bonchev–Trinajstić information content (AvgIpc) is 3.07. The highest BCUT2D eigenvalue weighted by Gasteiger charge is 2.24. The Balaban J connectivity index is 1.83. The van der Waals surface area contributed by atoms with Crippen molar-refractivity contribution in [2.45, 2.75) is 23.4 Å². The van der Waals surface area contributed by atoms with E-state index in [1.54, 1.807) is 30.3 Å². The Bertz CT molecular complexity index is 1090. The number of hydrogen-bond donors (Lipinski definition) is 3. The fraction of sp³-hybridized carbons (Fsp3) is 0.200. The number of nitrogens with one attached hydrogen (secondary N) is 1. The minimum absolute atomic E-state index is 0.0475. The normalized spacial score (nSPS) is 12.1. The maximum atomic E-state index is 12.5. The van der Waals surface area contributed by atoms with Crippen LogP contribution in [0.2, 0.25) is 0 Å². The van der Waals surface area contributed by atoms with Crippen LogP contribution < -0.4 is 5.32 Å². The van der Waals surface area contributed by atoms with Gasteiger partial charge in [-0.05, 0) is 36.2 Å². The molecule has 0 aliphatic carbocycles. The van der Waals surface area contributed by atoms with Crippen LogP contribution in [0.3, 0.4) is 0 Å². The molecule has 3 rings (SSSR count). The molecule has 0 fully saturated rings. The summed E-state index contributed by atoms with van der Waals surface area (Å²) in [5.74, 6) is -2.62. The number of nitrogens with zero attached hydrogens (tertiary/aromatic N) is 1. The van der Waals surface area contributed by atoms with Crippen LogP contribution in [0.25, 0.3) is 10.2 Å². The number of aromatic nitrogens is 1. The van der Waals surface area contributed by atoms with Gasteiger partial charge in [-0.2, -0.15) is 0 Å². The first-order valence-corrected chi connectivity index (χ1v) is 10.4. The molecule has 3 aromatic rings. The number of rotatable bonds is 7. The maximum Gasteiger partial charge on any atom is 0.336 e. The smallest absolute Gasteiger partial charge is 0.336 e. The van der Waals surface area contributed by atoms with Gasteiger partial charge < -0.3 is 15.5 Å². The summed E-state index contributed by atoms with van der Waals surface area (Å²) in [6, 6.07) is 11.1. The summed E-state index contributed by atoms with van der Waals surface area (Å²) in [6.07, 6.45) is 0. The van der Waals surface area contributed by atoms with E-state index in [1.807, 2.05) is 13.8 Å². The molecule has 1 heterocycles. The number of benzene rings is 2. The lowest BCUT2D eigenvalue weighted by Crippen LogP contribution is -2.22. The summed E-state index contributed by atoms with van der Waals surface area (Å²) in [4.78, 5) is 39.7. The van der Waals surface area contributed by atoms with Gasteiger partial charge in [-0.25, -0.2) is 9.78 Å². The average molecular weight is 431 g/mol. The Labute approximate surface area is 174 Å². The number of aromatic carboxylic acids is 1. The first kappa shape index (κ1) is 20.8. The molecule has 150 valence electrons. The minimum atomic E-state index is -1.17. The van der Waals surface area contributed by atoms with E-state index in [4.69, 9.17) is 0 Å². The molecule has 2 aromatic carbocycles. The summed E-state index contributed by atoms with van der Waals surface area (Å²) < 4.78 is 1.44. The van der Waals surface area contributed by atoms with Gasteiger partial charge in [0.15, 0.2) is 4.34 Å². The Morgan fingerprint density at radius 1 is 1.07 bits per heavy atom. The van der Waals surface area contributed by atoms with Crippen molar-refractivity contribution in [2.24, 2.45) is 5.92 Å². The van der Waals surface area contributed by atoms with Crippen LogP contribution in [0.15, 0.2) is 46.8 Å². The molecule has 0 spiro atoms. The number of carboxylic acids is 2. The number of thioether (sulfide) groups is 1. The van der Waals surface area contributed by atoms with Crippen molar-refractivity contribution < 1.29 is 24.6 Å². The van der Waals surface area contributed by atoms with Crippen molar-refractivity contribution in [2.75, 3.05) is 5.32 Å². The fourth-order valence-electron chi connectivity index (χ4n) is 2.68. The third-order valence-corrected chi connectivity index (χ3v) is 6.75. The van der Waals surface area contributed by atoms with Crippen LogP contribution in [0.5, 0.6) is 0 Å². The van der Waals surface area contributed by atoms with Crippen molar-refractivity contribution in [1.82, 2.24) is 4.98 Å². The van der Waals surface area contributed by atoms with Crippen molar-refractivity contribution in [1.29, 1.82) is 0 Å². The lowest BCUT2D eigenvalue weighted by Gasteiger charge is -2.13. The molecule has 0 aliphatic rings. The number of amides is 1. The molecule has 0 bridgehead atoms. The van der Waals surface area contributed by atoms with E-state index >= 15 is 0 Å². The quantitative estimate of drug-likeness (QED) is 0.474. The lowest BCUT2D eigenvalue weighted by molar-refractivity contribution is -0.137. The number of anilines is 1. The van der Waals surface area contributed by atoms with Gasteiger partial charge in [0, 0.05) is 5.69 Å². The van der Waals surface area contributed by atoms with Crippen LogP contribution in [0.4, 0.5) is 5.69 Å². The number of fused-ring (bicyclic) bond motifs is 1. The van der Waals surface area contributed by atoms with Crippen LogP contribution >= 0.6 is 23.1 Å². The summed E-state index contributed by atoms with van der Waals surface area (Å²) in [7, 11) is 0. The van der Waals surface area contributed by atoms with Crippen LogP contribution in [-0.4, -0.2) is 38.3 Å². The van der Waals surface area contributed by atoms with E-state index in [1.165, 1.54) is 35.2 Å². The number of thiazole rings is 1. The van der Waals surface area contributed by atoms with E-state index in [2.05, 4.69) is 10.3 Å². The number of carboxylic acid groups (broad SMARTS) is 2. The zero-order valence-corrected chi connectivity index (χ0v) is 17.2. The number of aliphatic carboxylic acids is 1. The first-order chi connectivity index (χ1) is 13.8. The summed E-state index contributed by atoms with van der Waals surface area (Å²) in [5.41, 5.74) is 1.20. The summed E-state index contributed by atoms with van der Waals surface area (Å²) >= 11 is 2.56. The molecule has 1 aromatic heterocycles. The van der Waals surface area contributed by atoms with E-state index in [0.29, 0.717) is 15.5 Å². The van der Waals surface area contributed by atoms with Gasteiger partial charge in [0.1, 0.15) is 5.25 Å². The largest absolute Gasteiger partial charge is 0.480 e. The second-order valence-electron chi connectivity index (χ2n) is 6.59. The van der Waals surface area contributed by atoms with Gasteiger partial charge in [-0.15, -0.1) is 11.3 Å². The van der Waals surface area contributed by atoms with Gasteiger partial charge in [-0.1, -0.05) is 37.7 Å². The topological polar surface area (TPSA) is 117 Å². The monoisotopic (exact) mass is 430 g/mol. The lowest BCUT2D eigenvalue weighted by atomic mass is 10.1. The second kappa shape index (κ2) is 8.62. The van der Waals surface area contributed by atoms with Crippen LogP contribution in [-0.2, 0) is 4.79 Å². The molecular weight excluding hydrogens is 412 g/mol. The Morgan fingerprint density at radius 3 is 2.38 bits per heavy atom. The minimum Gasteiger partial charge on any atom is -0.480 e. The van der Waals surface area contributed by atoms with E-state index in [0.717, 1.165) is 4.70 Å². The second-order valence-corrected chi connectivity index (χ2v) is 9.01. The molecule has 0 saturated heterocycles. The highest BCUT2D eigenvalue weighted by Crippen LogP contribution is 2.35. The molecule has 0 radical (unpaired) electrons. The third kappa shape index (κ3) is 4.75. The zero-order chi connectivity index (χ0) is 21.1. The van der Waals surface area contributed by atoms with Crippen LogP contribution in [0.1, 0.15) is 34.6 Å². The van der Waals surface area contributed by atoms with Crippen molar-refractivity contribution in [3.63, 3.8) is 0 Å². The van der Waals surface area contributed by atoms with Gasteiger partial charge in [-0.3, -0.25) is 9.59 Å². The van der Waals surface area contributed by atoms with Crippen molar-refractivity contribution in [3.8, 4) is 0 Å². The fourth-order valence-corrected chi connectivity index (χ4v) is 4.93. The number of hydrogen-bond acceptors (Lipinski definition) is 6. The van der Waals surface area contributed by atoms with E-state index in [-0.39, 0.29) is 17.0 Å². The Kier molecular flexibility index (Phi) is 6.19. The molecule has 1 atom stereocenters. The molecule has 9 heteroatoms. The number of carbonyl (C=O) groups is 3. The molecule has 1 amide bonds. The number of carbonyl (C=O) groups excluding carboxylic acids is 1. The predicted octanol–water partition coefficient (Wildman–Crippen LogP) is 4.45. The van der Waals surface area contributed by atoms with Gasteiger partial charge in [0.25, 0.3) is 5.91 Å². The van der Waals surface area contributed by atoms with E-state index < -0.39 is 23.1 Å². The summed E-state index contributed by atoms with van der Waals surface area (Å²) in [5, 5.41) is 20.7. The maximum absolute atomic E-state index is 12.5. The third-order valence-electron chi connectivity index (χ3n) is 4.11. The molecule has 7 nitrogen and oxygen atoms in total. The molecule has 1 unspecified atom stereocenters. The van der Waals surface area contributed by atoms with Gasteiger partial charge in [0.05, 0.1) is 21.3 Å². The SMILES string of the molecule is CC(C)C(Sc1nc2ccc(NC(=O)c3ccccc3C(=O)O)cc2s1)C(=O)O. The standard InChI is InChI=1S/C20H18N2O5S2/c1-10(2)16(19(26)27)29-20-22-14-8-7-11(9-15(14)28-20)21-17(23)12-5-3-4-6-13(12)18(24)25/h3-10,16H,1-2H3,(H,21,23)(H,24,25)(H,26,27).